The van der Waals surface area contributed by atoms with E-state index in [0.717, 1.165) is 5.56 Å². The van der Waals surface area contributed by atoms with Gasteiger partial charge >= 0.3 is 5.97 Å². The van der Waals surface area contributed by atoms with Crippen molar-refractivity contribution in [1.29, 1.82) is 0 Å². The van der Waals surface area contributed by atoms with Crippen LogP contribution in [-0.4, -0.2) is 34.3 Å². The van der Waals surface area contributed by atoms with Crippen LogP contribution in [0.15, 0.2) is 47.4 Å². The topological polar surface area (TPSA) is 90.7 Å². The molecule has 0 unspecified atom stereocenters. The quantitative estimate of drug-likeness (QED) is 0.707. The molecule has 0 saturated carbocycles. The molecule has 2 heterocycles. The molecule has 1 N–H and O–H groups in total. The number of ether oxygens (including phenoxy) is 2. The molecule has 3 aromatic rings. The fraction of sp³-hybridized carbons (Fsp3) is 0.211. The first-order valence-corrected chi connectivity index (χ1v) is 8.07. The number of rotatable bonds is 5. The Kier molecular flexibility index (Phi) is 4.88. The molecule has 0 spiro atoms. The molecule has 0 aliphatic heterocycles. The molecule has 1 aromatic carbocycles. The molecule has 134 valence electrons. The van der Waals surface area contributed by atoms with Gasteiger partial charge in [-0.05, 0) is 36.8 Å². The van der Waals surface area contributed by atoms with Crippen LogP contribution >= 0.6 is 0 Å². The molecule has 7 heteroatoms. The number of esters is 1. The van der Waals surface area contributed by atoms with Crippen LogP contribution in [0.4, 0.5) is 0 Å². The molecule has 0 saturated heterocycles. The predicted molar refractivity (Wildman–Crippen MR) is 95.7 cm³/mol. The van der Waals surface area contributed by atoms with E-state index in [0.29, 0.717) is 11.3 Å². The van der Waals surface area contributed by atoms with E-state index in [1.807, 2.05) is 12.1 Å². The first-order chi connectivity index (χ1) is 12.6. The molecule has 0 bridgehead atoms. The van der Waals surface area contributed by atoms with E-state index in [1.54, 1.807) is 38.3 Å². The number of hydrogen-bond donors (Lipinski definition) is 1. The highest BCUT2D eigenvalue weighted by molar-refractivity contribution is 5.98. The molecule has 0 aliphatic rings. The van der Waals surface area contributed by atoms with Gasteiger partial charge in [0, 0.05) is 6.20 Å². The van der Waals surface area contributed by atoms with Crippen molar-refractivity contribution in [2.75, 3.05) is 13.7 Å². The van der Waals surface area contributed by atoms with Gasteiger partial charge in [-0.25, -0.2) is 4.79 Å². The molecular weight excluding hydrogens is 336 g/mol. The van der Waals surface area contributed by atoms with E-state index >= 15 is 0 Å². The Morgan fingerprint density at radius 3 is 2.62 bits per heavy atom. The minimum atomic E-state index is -0.869. The number of fused-ring (bicyclic) bond motifs is 1. The molecule has 0 amide bonds. The van der Waals surface area contributed by atoms with Gasteiger partial charge in [0.15, 0.2) is 11.3 Å². The summed E-state index contributed by atoms with van der Waals surface area (Å²) < 4.78 is 11.5. The lowest BCUT2D eigenvalue weighted by Crippen LogP contribution is -2.28. The summed E-state index contributed by atoms with van der Waals surface area (Å²) in [6, 6.07) is 10.5. The number of carbonyl (C=O) groups excluding carboxylic acids is 1. The molecule has 3 rings (SSSR count). The minimum absolute atomic E-state index is 0.0937. The standard InChI is InChI=1S/C19H18N2O5/c1-3-26-19(24)15-17(22)16-14(5-4-10-20-16)21(18(15)23)11-12-6-8-13(25-2)9-7-12/h4-10,22H,3,11H2,1-2H3. The fourth-order valence-electron chi connectivity index (χ4n) is 2.72. The maximum absolute atomic E-state index is 12.9. The molecule has 0 radical (unpaired) electrons. The Labute approximate surface area is 149 Å². The fourth-order valence-corrected chi connectivity index (χ4v) is 2.72. The number of aromatic hydroxyl groups is 1. The zero-order chi connectivity index (χ0) is 18.7. The largest absolute Gasteiger partial charge is 0.505 e. The Hall–Kier alpha value is -3.35. The van der Waals surface area contributed by atoms with Gasteiger partial charge in [-0.3, -0.25) is 9.78 Å². The number of aromatic nitrogens is 2. The molecule has 26 heavy (non-hydrogen) atoms. The van der Waals surface area contributed by atoms with Crippen molar-refractivity contribution in [3.05, 3.63) is 64.1 Å². The number of benzene rings is 1. The summed E-state index contributed by atoms with van der Waals surface area (Å²) in [5, 5.41) is 10.4. The van der Waals surface area contributed by atoms with Crippen molar-refractivity contribution in [1.82, 2.24) is 9.55 Å². The van der Waals surface area contributed by atoms with Crippen LogP contribution in [0.1, 0.15) is 22.8 Å². The van der Waals surface area contributed by atoms with Crippen LogP contribution in [0.25, 0.3) is 11.0 Å². The molecule has 7 nitrogen and oxygen atoms in total. The minimum Gasteiger partial charge on any atom is -0.505 e. The van der Waals surface area contributed by atoms with Gasteiger partial charge < -0.3 is 19.1 Å². The van der Waals surface area contributed by atoms with Crippen LogP contribution < -0.4 is 10.3 Å². The Bertz CT molecular complexity index is 1010. The second kappa shape index (κ2) is 7.26. The normalized spacial score (nSPS) is 10.7. The van der Waals surface area contributed by atoms with Crippen molar-refractivity contribution < 1.29 is 19.4 Å². The lowest BCUT2D eigenvalue weighted by atomic mass is 10.1. The molecule has 0 atom stereocenters. The molecule has 0 aliphatic carbocycles. The van der Waals surface area contributed by atoms with Gasteiger partial charge in [0.25, 0.3) is 5.56 Å². The van der Waals surface area contributed by atoms with E-state index in [9.17, 15) is 14.7 Å². The molecule has 0 fully saturated rings. The number of pyridine rings is 2. The van der Waals surface area contributed by atoms with E-state index in [2.05, 4.69) is 4.98 Å². The lowest BCUT2D eigenvalue weighted by molar-refractivity contribution is 0.0520. The van der Waals surface area contributed by atoms with Crippen LogP contribution in [-0.2, 0) is 11.3 Å². The van der Waals surface area contributed by atoms with Crippen LogP contribution in [0.3, 0.4) is 0 Å². The first kappa shape index (κ1) is 17.5. The molecule has 2 aromatic heterocycles. The zero-order valence-electron chi connectivity index (χ0n) is 14.4. The van der Waals surface area contributed by atoms with Crippen molar-refractivity contribution in [2.45, 2.75) is 13.5 Å². The maximum atomic E-state index is 12.9. The smallest absolute Gasteiger partial charge is 0.347 e. The van der Waals surface area contributed by atoms with E-state index in [1.165, 1.54) is 10.8 Å². The van der Waals surface area contributed by atoms with Gasteiger partial charge in [0.2, 0.25) is 0 Å². The third-order valence-corrected chi connectivity index (χ3v) is 3.98. The second-order valence-electron chi connectivity index (χ2n) is 5.55. The Morgan fingerprint density at radius 1 is 1.23 bits per heavy atom. The van der Waals surface area contributed by atoms with Crippen molar-refractivity contribution in [3.63, 3.8) is 0 Å². The van der Waals surface area contributed by atoms with Crippen LogP contribution in [0.5, 0.6) is 11.5 Å². The van der Waals surface area contributed by atoms with E-state index in [-0.39, 0.29) is 18.7 Å². The number of hydrogen-bond acceptors (Lipinski definition) is 6. The van der Waals surface area contributed by atoms with Gasteiger partial charge in [-0.15, -0.1) is 0 Å². The predicted octanol–water partition coefficient (Wildman–Crippen LogP) is 2.34. The maximum Gasteiger partial charge on any atom is 0.347 e. The van der Waals surface area contributed by atoms with E-state index in [4.69, 9.17) is 9.47 Å². The second-order valence-corrected chi connectivity index (χ2v) is 5.55. The number of carbonyl (C=O) groups is 1. The van der Waals surface area contributed by atoms with Gasteiger partial charge in [-0.1, -0.05) is 12.1 Å². The molecular formula is C19H18N2O5. The number of nitrogens with zero attached hydrogens (tertiary/aromatic N) is 2. The van der Waals surface area contributed by atoms with Gasteiger partial charge in [0.1, 0.15) is 11.3 Å². The summed E-state index contributed by atoms with van der Waals surface area (Å²) in [6.07, 6.45) is 1.49. The van der Waals surface area contributed by atoms with Crippen molar-refractivity contribution >= 4 is 17.0 Å². The highest BCUT2D eigenvalue weighted by Gasteiger charge is 2.24. The monoisotopic (exact) mass is 354 g/mol. The lowest BCUT2D eigenvalue weighted by Gasteiger charge is -2.14. The summed E-state index contributed by atoms with van der Waals surface area (Å²) >= 11 is 0. The first-order valence-electron chi connectivity index (χ1n) is 8.07. The van der Waals surface area contributed by atoms with Crippen LogP contribution in [0.2, 0.25) is 0 Å². The third kappa shape index (κ3) is 3.11. The summed E-state index contributed by atoms with van der Waals surface area (Å²) in [5.41, 5.74) is 0.393. The Morgan fingerprint density at radius 2 is 1.96 bits per heavy atom. The highest BCUT2D eigenvalue weighted by Crippen LogP contribution is 2.25. The summed E-state index contributed by atoms with van der Waals surface area (Å²) in [6.45, 7) is 1.93. The highest BCUT2D eigenvalue weighted by atomic mass is 16.5. The van der Waals surface area contributed by atoms with Crippen molar-refractivity contribution in [2.24, 2.45) is 0 Å². The van der Waals surface area contributed by atoms with E-state index < -0.39 is 22.8 Å². The van der Waals surface area contributed by atoms with Crippen LogP contribution in [0, 0.1) is 0 Å². The SMILES string of the molecule is CCOC(=O)c1c(O)c2ncccc2n(Cc2ccc(OC)cc2)c1=O. The third-order valence-electron chi connectivity index (χ3n) is 3.98. The number of methoxy groups -OCH3 is 1. The average Bonchev–Trinajstić information content (AvgIpc) is 2.66. The summed E-state index contributed by atoms with van der Waals surface area (Å²) in [7, 11) is 1.57. The Balaban J connectivity index is 2.19. The average molecular weight is 354 g/mol. The zero-order valence-corrected chi connectivity index (χ0v) is 14.4. The summed E-state index contributed by atoms with van der Waals surface area (Å²) in [4.78, 5) is 29.2. The van der Waals surface area contributed by atoms with Crippen molar-refractivity contribution in [3.8, 4) is 11.5 Å². The van der Waals surface area contributed by atoms with Gasteiger partial charge in [0.05, 0.1) is 25.8 Å². The summed E-state index contributed by atoms with van der Waals surface area (Å²) in [5.74, 6) is -0.633. The van der Waals surface area contributed by atoms with Gasteiger partial charge in [-0.2, -0.15) is 0 Å².